The van der Waals surface area contributed by atoms with Gasteiger partial charge in [0.2, 0.25) is 0 Å². The summed E-state index contributed by atoms with van der Waals surface area (Å²) in [6, 6.07) is 13.8. The molecule has 1 nitrogen and oxygen atoms in total. The second-order valence-electron chi connectivity index (χ2n) is 5.95. The Kier molecular flexibility index (Phi) is 5.15. The number of nitrogens with one attached hydrogen (secondary N) is 1. The van der Waals surface area contributed by atoms with Crippen molar-refractivity contribution in [2.45, 2.75) is 44.7 Å². The van der Waals surface area contributed by atoms with E-state index < -0.39 is 0 Å². The molecule has 1 aliphatic carbocycles. The first-order valence-corrected chi connectivity index (χ1v) is 9.47. The maximum atomic E-state index is 3.90. The fourth-order valence-electron chi connectivity index (χ4n) is 3.39. The van der Waals surface area contributed by atoms with Crippen LogP contribution >= 0.6 is 27.3 Å². The van der Waals surface area contributed by atoms with Crippen molar-refractivity contribution >= 4 is 27.3 Å². The van der Waals surface area contributed by atoms with Gasteiger partial charge in [-0.2, -0.15) is 0 Å². The highest BCUT2D eigenvalue weighted by Crippen LogP contribution is 2.39. The molecule has 1 saturated carbocycles. The van der Waals surface area contributed by atoms with Gasteiger partial charge in [-0.25, -0.2) is 0 Å². The third kappa shape index (κ3) is 3.58. The van der Waals surface area contributed by atoms with E-state index in [0.717, 1.165) is 5.92 Å². The molecule has 0 spiro atoms. The first kappa shape index (κ1) is 15.3. The van der Waals surface area contributed by atoms with Crippen LogP contribution < -0.4 is 5.32 Å². The molecule has 1 N–H and O–H groups in total. The van der Waals surface area contributed by atoms with E-state index in [1.165, 1.54) is 40.6 Å². The minimum Gasteiger partial charge on any atom is -0.302 e. The second-order valence-corrected chi connectivity index (χ2v) is 7.78. The van der Waals surface area contributed by atoms with Crippen molar-refractivity contribution in [2.75, 3.05) is 0 Å². The van der Waals surface area contributed by atoms with E-state index in [-0.39, 0.29) is 0 Å². The average molecular weight is 364 g/mol. The van der Waals surface area contributed by atoms with E-state index in [1.807, 2.05) is 11.3 Å². The molecule has 112 valence electrons. The Morgan fingerprint density at radius 1 is 1.14 bits per heavy atom. The highest BCUT2D eigenvalue weighted by Gasteiger charge is 2.28. The highest BCUT2D eigenvalue weighted by molar-refractivity contribution is 9.10. The van der Waals surface area contributed by atoms with E-state index in [9.17, 15) is 0 Å². The summed E-state index contributed by atoms with van der Waals surface area (Å²) in [5.41, 5.74) is 1.34. The summed E-state index contributed by atoms with van der Waals surface area (Å²) in [6.45, 7) is 2.27. The van der Waals surface area contributed by atoms with Crippen LogP contribution in [0.25, 0.3) is 0 Å². The number of hydrogen-bond acceptors (Lipinski definition) is 2. The van der Waals surface area contributed by atoms with Gasteiger partial charge in [-0.1, -0.05) is 53.0 Å². The fourth-order valence-corrected chi connectivity index (χ4v) is 4.90. The van der Waals surface area contributed by atoms with Crippen molar-refractivity contribution < 1.29 is 0 Å². The first-order chi connectivity index (χ1) is 10.3. The van der Waals surface area contributed by atoms with Gasteiger partial charge in [-0.05, 0) is 48.8 Å². The van der Waals surface area contributed by atoms with Gasteiger partial charge in [-0.15, -0.1) is 11.3 Å². The zero-order chi connectivity index (χ0) is 14.7. The van der Waals surface area contributed by atoms with Gasteiger partial charge >= 0.3 is 0 Å². The Bertz CT molecular complexity index is 560. The Morgan fingerprint density at radius 3 is 2.57 bits per heavy atom. The van der Waals surface area contributed by atoms with Crippen molar-refractivity contribution in [2.24, 2.45) is 5.92 Å². The lowest BCUT2D eigenvalue weighted by Gasteiger charge is -2.28. The molecule has 0 radical (unpaired) electrons. The van der Waals surface area contributed by atoms with E-state index in [0.29, 0.717) is 12.1 Å². The molecular weight excluding hydrogens is 342 g/mol. The molecule has 0 aliphatic heterocycles. The van der Waals surface area contributed by atoms with E-state index in [2.05, 4.69) is 69.9 Å². The predicted molar refractivity (Wildman–Crippen MR) is 94.7 cm³/mol. The van der Waals surface area contributed by atoms with Crippen LogP contribution in [-0.2, 0) is 0 Å². The summed E-state index contributed by atoms with van der Waals surface area (Å²) >= 11 is 5.57. The Morgan fingerprint density at radius 2 is 1.90 bits per heavy atom. The monoisotopic (exact) mass is 363 g/mol. The second kappa shape index (κ2) is 7.08. The van der Waals surface area contributed by atoms with Crippen LogP contribution in [0.4, 0.5) is 0 Å². The average Bonchev–Trinajstić information content (AvgIpc) is 3.18. The molecule has 2 unspecified atom stereocenters. The van der Waals surface area contributed by atoms with Gasteiger partial charge in [0.15, 0.2) is 0 Å². The lowest BCUT2D eigenvalue weighted by molar-refractivity contribution is 0.342. The van der Waals surface area contributed by atoms with Gasteiger partial charge < -0.3 is 5.32 Å². The quantitative estimate of drug-likeness (QED) is 0.677. The SMILES string of the molecule is CC(NC(c1cccs1)C1CCCC1)c1ccccc1Br. The smallest absolute Gasteiger partial charge is 0.0448 e. The summed E-state index contributed by atoms with van der Waals surface area (Å²) in [5.74, 6) is 0.786. The maximum absolute atomic E-state index is 3.90. The standard InChI is InChI=1S/C18H22BrNS/c1-13(15-9-4-5-10-16(15)19)20-18(14-7-2-3-8-14)17-11-6-12-21-17/h4-6,9-14,18,20H,2-3,7-8H2,1H3. The van der Waals surface area contributed by atoms with Crippen LogP contribution in [0.2, 0.25) is 0 Å². The minimum atomic E-state index is 0.355. The summed E-state index contributed by atoms with van der Waals surface area (Å²) < 4.78 is 1.20. The van der Waals surface area contributed by atoms with Crippen LogP contribution in [0.1, 0.15) is 55.1 Å². The third-order valence-corrected chi connectivity index (χ3v) is 6.20. The fraction of sp³-hybridized carbons (Fsp3) is 0.444. The lowest BCUT2D eigenvalue weighted by Crippen LogP contribution is -2.29. The number of thiophene rings is 1. The van der Waals surface area contributed by atoms with Crippen molar-refractivity contribution in [1.29, 1.82) is 0 Å². The Balaban J connectivity index is 1.79. The van der Waals surface area contributed by atoms with Crippen molar-refractivity contribution in [1.82, 2.24) is 5.32 Å². The maximum Gasteiger partial charge on any atom is 0.0448 e. The normalized spacial score (nSPS) is 18.8. The van der Waals surface area contributed by atoms with Gasteiger partial charge in [-0.3, -0.25) is 0 Å². The number of hydrogen-bond donors (Lipinski definition) is 1. The van der Waals surface area contributed by atoms with Crippen LogP contribution in [0.15, 0.2) is 46.3 Å². The third-order valence-electron chi connectivity index (χ3n) is 4.52. The van der Waals surface area contributed by atoms with Gasteiger partial charge in [0.05, 0.1) is 0 Å². The van der Waals surface area contributed by atoms with E-state index >= 15 is 0 Å². The zero-order valence-corrected chi connectivity index (χ0v) is 14.8. The summed E-state index contributed by atoms with van der Waals surface area (Å²) in [4.78, 5) is 1.49. The van der Waals surface area contributed by atoms with Crippen LogP contribution in [0, 0.1) is 5.92 Å². The molecule has 1 heterocycles. The van der Waals surface area contributed by atoms with E-state index in [4.69, 9.17) is 0 Å². The summed E-state index contributed by atoms with van der Waals surface area (Å²) in [7, 11) is 0. The minimum absolute atomic E-state index is 0.355. The van der Waals surface area contributed by atoms with Gasteiger partial charge in [0, 0.05) is 21.4 Å². The van der Waals surface area contributed by atoms with Crippen molar-refractivity contribution in [3.63, 3.8) is 0 Å². The number of benzene rings is 1. The van der Waals surface area contributed by atoms with Crippen LogP contribution in [0.3, 0.4) is 0 Å². The molecule has 2 atom stereocenters. The predicted octanol–water partition coefficient (Wildman–Crippen LogP) is 6.09. The molecule has 3 heteroatoms. The van der Waals surface area contributed by atoms with Crippen LogP contribution in [0.5, 0.6) is 0 Å². The molecule has 0 bridgehead atoms. The molecule has 1 aromatic heterocycles. The molecule has 0 amide bonds. The van der Waals surface area contributed by atoms with Crippen molar-refractivity contribution in [3.8, 4) is 0 Å². The van der Waals surface area contributed by atoms with Gasteiger partial charge in [0.25, 0.3) is 0 Å². The molecule has 1 aromatic carbocycles. The van der Waals surface area contributed by atoms with Crippen molar-refractivity contribution in [3.05, 3.63) is 56.7 Å². The molecule has 1 aliphatic rings. The Hall–Kier alpha value is -0.640. The lowest BCUT2D eigenvalue weighted by atomic mass is 9.95. The number of rotatable bonds is 5. The summed E-state index contributed by atoms with van der Waals surface area (Å²) in [6.07, 6.45) is 5.49. The molecule has 21 heavy (non-hydrogen) atoms. The van der Waals surface area contributed by atoms with Crippen LogP contribution in [-0.4, -0.2) is 0 Å². The topological polar surface area (TPSA) is 12.0 Å². The largest absolute Gasteiger partial charge is 0.302 e. The highest BCUT2D eigenvalue weighted by atomic mass is 79.9. The molecule has 0 saturated heterocycles. The molecular formula is C18H22BrNS. The molecule has 1 fully saturated rings. The first-order valence-electron chi connectivity index (χ1n) is 7.79. The zero-order valence-electron chi connectivity index (χ0n) is 12.4. The van der Waals surface area contributed by atoms with Gasteiger partial charge in [0.1, 0.15) is 0 Å². The summed E-state index contributed by atoms with van der Waals surface area (Å²) in [5, 5.41) is 6.10. The molecule has 3 rings (SSSR count). The Labute approximate surface area is 139 Å². The number of halogens is 1. The van der Waals surface area contributed by atoms with E-state index in [1.54, 1.807) is 0 Å². The molecule has 2 aromatic rings.